The third-order valence-electron chi connectivity index (χ3n) is 4.15. The van der Waals surface area contributed by atoms with Crippen LogP contribution in [-0.2, 0) is 0 Å². The van der Waals surface area contributed by atoms with Gasteiger partial charge < -0.3 is 0 Å². The van der Waals surface area contributed by atoms with Gasteiger partial charge in [0.25, 0.3) is 0 Å². The molecule has 0 aliphatic carbocycles. The molecule has 0 unspecified atom stereocenters. The van der Waals surface area contributed by atoms with Gasteiger partial charge in [-0.1, -0.05) is 62.3 Å². The van der Waals surface area contributed by atoms with Gasteiger partial charge in [-0.3, -0.25) is 0 Å². The first kappa shape index (κ1) is 12.5. The highest BCUT2D eigenvalue weighted by Crippen LogP contribution is 2.21. The smallest absolute Gasteiger partial charge is 0.0675 e. The summed E-state index contributed by atoms with van der Waals surface area (Å²) in [5.74, 6) is 0. The van der Waals surface area contributed by atoms with E-state index in [1.165, 1.54) is 29.3 Å². The first-order valence-corrected chi connectivity index (χ1v) is 8.79. The Morgan fingerprint density at radius 1 is 0.867 bits per heavy atom. The SMILES string of the molecule is CC[Si](CC)(CC)c1ccc(C)c(C)c1. The Kier molecular flexibility index (Phi) is 4.15. The maximum atomic E-state index is 2.44. The van der Waals surface area contributed by atoms with Crippen molar-refractivity contribution < 1.29 is 0 Å². The van der Waals surface area contributed by atoms with Crippen molar-refractivity contribution in [3.8, 4) is 0 Å². The molecule has 1 rings (SSSR count). The Labute approximate surface area is 95.7 Å². The van der Waals surface area contributed by atoms with E-state index in [4.69, 9.17) is 0 Å². The van der Waals surface area contributed by atoms with E-state index in [2.05, 4.69) is 52.8 Å². The molecule has 0 spiro atoms. The van der Waals surface area contributed by atoms with Gasteiger partial charge in [0.15, 0.2) is 0 Å². The number of hydrogen-bond donors (Lipinski definition) is 0. The van der Waals surface area contributed by atoms with Gasteiger partial charge in [-0.2, -0.15) is 0 Å². The van der Waals surface area contributed by atoms with E-state index in [1.807, 2.05) is 0 Å². The molecule has 0 nitrogen and oxygen atoms in total. The fraction of sp³-hybridized carbons (Fsp3) is 0.571. The number of benzene rings is 1. The molecule has 0 atom stereocenters. The molecule has 0 aliphatic rings. The van der Waals surface area contributed by atoms with Crippen molar-refractivity contribution in [2.45, 2.75) is 52.8 Å². The predicted octanol–water partition coefficient (Wildman–Crippen LogP) is 4.02. The Morgan fingerprint density at radius 3 is 1.80 bits per heavy atom. The first-order chi connectivity index (χ1) is 7.09. The van der Waals surface area contributed by atoms with Gasteiger partial charge >= 0.3 is 0 Å². The highest BCUT2D eigenvalue weighted by Gasteiger charge is 2.28. The van der Waals surface area contributed by atoms with E-state index < -0.39 is 8.07 Å². The monoisotopic (exact) mass is 220 g/mol. The molecule has 0 N–H and O–H groups in total. The molecule has 0 aliphatic heterocycles. The molecule has 1 heteroatoms. The zero-order valence-electron chi connectivity index (χ0n) is 10.9. The minimum Gasteiger partial charge on any atom is -0.0675 e. The first-order valence-electron chi connectivity index (χ1n) is 6.17. The van der Waals surface area contributed by atoms with Crippen LogP contribution in [0.15, 0.2) is 18.2 Å². The minimum atomic E-state index is -1.15. The largest absolute Gasteiger partial charge is 0.0859 e. The molecule has 0 amide bonds. The number of hydrogen-bond acceptors (Lipinski definition) is 0. The molecule has 0 heterocycles. The molecule has 0 saturated heterocycles. The third kappa shape index (κ3) is 2.33. The van der Waals surface area contributed by atoms with E-state index in [0.717, 1.165) is 0 Å². The van der Waals surface area contributed by atoms with Crippen molar-refractivity contribution in [1.82, 2.24) is 0 Å². The molecule has 84 valence electrons. The van der Waals surface area contributed by atoms with Gasteiger partial charge in [0.05, 0.1) is 8.07 Å². The van der Waals surface area contributed by atoms with Crippen molar-refractivity contribution in [1.29, 1.82) is 0 Å². The molecule has 0 fully saturated rings. The van der Waals surface area contributed by atoms with Crippen LogP contribution in [-0.4, -0.2) is 8.07 Å². The zero-order valence-corrected chi connectivity index (χ0v) is 11.9. The maximum absolute atomic E-state index is 2.44. The van der Waals surface area contributed by atoms with Crippen molar-refractivity contribution in [3.05, 3.63) is 29.3 Å². The van der Waals surface area contributed by atoms with Gasteiger partial charge in [-0.05, 0) is 25.0 Å². The predicted molar refractivity (Wildman–Crippen MR) is 72.7 cm³/mol. The molecule has 1 aromatic carbocycles. The van der Waals surface area contributed by atoms with Crippen LogP contribution in [0.25, 0.3) is 0 Å². The average Bonchev–Trinajstić information content (AvgIpc) is 2.26. The second-order valence-corrected chi connectivity index (χ2v) is 9.90. The van der Waals surface area contributed by atoms with Gasteiger partial charge in [0.2, 0.25) is 0 Å². The summed E-state index contributed by atoms with van der Waals surface area (Å²) in [6.07, 6.45) is 0. The van der Waals surface area contributed by atoms with E-state index in [1.54, 1.807) is 5.19 Å². The van der Waals surface area contributed by atoms with E-state index in [0.29, 0.717) is 0 Å². The molecule has 0 radical (unpaired) electrons. The van der Waals surface area contributed by atoms with Crippen molar-refractivity contribution in [2.75, 3.05) is 0 Å². The van der Waals surface area contributed by atoms with Crippen LogP contribution in [0.2, 0.25) is 18.1 Å². The van der Waals surface area contributed by atoms with Crippen LogP contribution in [0.5, 0.6) is 0 Å². The Balaban J connectivity index is 3.17. The third-order valence-corrected chi connectivity index (χ3v) is 9.75. The van der Waals surface area contributed by atoms with Gasteiger partial charge in [0, 0.05) is 0 Å². The summed E-state index contributed by atoms with van der Waals surface area (Å²) in [5.41, 5.74) is 2.88. The van der Waals surface area contributed by atoms with Crippen LogP contribution in [0.3, 0.4) is 0 Å². The standard InChI is InChI=1S/C14H24Si/c1-6-15(7-2,8-3)14-10-9-12(4)13(5)11-14/h9-11H,6-8H2,1-5H3. The Hall–Kier alpha value is -0.563. The molecule has 0 bridgehead atoms. The highest BCUT2D eigenvalue weighted by atomic mass is 28.3. The van der Waals surface area contributed by atoms with Crippen molar-refractivity contribution >= 4 is 13.3 Å². The minimum absolute atomic E-state index is 1.15. The lowest BCUT2D eigenvalue weighted by atomic mass is 10.1. The molecule has 0 aromatic heterocycles. The van der Waals surface area contributed by atoms with Crippen molar-refractivity contribution in [2.24, 2.45) is 0 Å². The number of rotatable bonds is 4. The molecule has 1 aromatic rings. The second-order valence-electron chi connectivity index (χ2n) is 4.64. The normalized spacial score (nSPS) is 11.8. The lowest BCUT2D eigenvalue weighted by Crippen LogP contribution is -2.45. The fourth-order valence-corrected chi connectivity index (χ4v) is 6.12. The average molecular weight is 220 g/mol. The quantitative estimate of drug-likeness (QED) is 0.672. The summed E-state index contributed by atoms with van der Waals surface area (Å²) < 4.78 is 0. The van der Waals surface area contributed by atoms with E-state index in [-0.39, 0.29) is 0 Å². The fourth-order valence-electron chi connectivity index (χ4n) is 2.43. The van der Waals surface area contributed by atoms with Crippen LogP contribution in [0.1, 0.15) is 31.9 Å². The summed E-state index contributed by atoms with van der Waals surface area (Å²) in [6, 6.07) is 11.3. The van der Waals surface area contributed by atoms with Crippen LogP contribution in [0, 0.1) is 13.8 Å². The second kappa shape index (κ2) is 4.98. The summed E-state index contributed by atoms with van der Waals surface area (Å²) in [5, 5.41) is 1.66. The Bertz CT molecular complexity index is 316. The Morgan fingerprint density at radius 2 is 1.40 bits per heavy atom. The lowest BCUT2D eigenvalue weighted by Gasteiger charge is -2.29. The highest BCUT2D eigenvalue weighted by molar-refractivity contribution is 6.91. The summed E-state index contributed by atoms with van der Waals surface area (Å²) >= 11 is 0. The van der Waals surface area contributed by atoms with Gasteiger partial charge in [-0.25, -0.2) is 0 Å². The zero-order chi connectivity index (χ0) is 11.5. The van der Waals surface area contributed by atoms with Gasteiger partial charge in [0.1, 0.15) is 0 Å². The molecular formula is C14H24Si. The van der Waals surface area contributed by atoms with Crippen LogP contribution in [0.4, 0.5) is 0 Å². The van der Waals surface area contributed by atoms with E-state index >= 15 is 0 Å². The van der Waals surface area contributed by atoms with Crippen molar-refractivity contribution in [3.63, 3.8) is 0 Å². The topological polar surface area (TPSA) is 0 Å². The van der Waals surface area contributed by atoms with Crippen LogP contribution >= 0.6 is 0 Å². The molecule has 15 heavy (non-hydrogen) atoms. The van der Waals surface area contributed by atoms with Gasteiger partial charge in [-0.15, -0.1) is 0 Å². The van der Waals surface area contributed by atoms with E-state index in [9.17, 15) is 0 Å². The molecule has 0 saturated carbocycles. The summed E-state index contributed by atoms with van der Waals surface area (Å²) in [4.78, 5) is 0. The number of aryl methyl sites for hydroxylation is 2. The molecular weight excluding hydrogens is 196 g/mol. The van der Waals surface area contributed by atoms with Crippen LogP contribution < -0.4 is 5.19 Å². The lowest BCUT2D eigenvalue weighted by molar-refractivity contribution is 1.19. The summed E-state index contributed by atoms with van der Waals surface area (Å²) in [7, 11) is -1.15. The maximum Gasteiger partial charge on any atom is 0.0859 e. The summed E-state index contributed by atoms with van der Waals surface area (Å²) in [6.45, 7) is 11.5.